The van der Waals surface area contributed by atoms with Gasteiger partial charge in [-0.15, -0.1) is 0 Å². The van der Waals surface area contributed by atoms with Crippen molar-refractivity contribution < 1.29 is 22.4 Å². The lowest BCUT2D eigenvalue weighted by molar-refractivity contribution is -0.137. The molecule has 5 nitrogen and oxygen atoms in total. The molecule has 0 saturated carbocycles. The summed E-state index contributed by atoms with van der Waals surface area (Å²) in [5.74, 6) is 0.277. The molecule has 0 saturated heterocycles. The van der Waals surface area contributed by atoms with E-state index in [0.717, 1.165) is 17.6 Å². The van der Waals surface area contributed by atoms with Crippen molar-refractivity contribution in [3.63, 3.8) is 0 Å². The molecular weight excluding hydrogens is 347 g/mol. The average molecular weight is 363 g/mol. The zero-order chi connectivity index (χ0) is 18.6. The number of nitrogens with one attached hydrogen (secondary N) is 2. The van der Waals surface area contributed by atoms with Crippen molar-refractivity contribution in [2.75, 3.05) is 18.4 Å². The number of fused-ring (bicyclic) bond motifs is 1. The van der Waals surface area contributed by atoms with Crippen molar-refractivity contribution in [3.05, 3.63) is 60.0 Å². The number of carbonyl (C=O) groups is 1. The van der Waals surface area contributed by atoms with E-state index in [9.17, 15) is 18.0 Å². The highest BCUT2D eigenvalue weighted by molar-refractivity contribution is 5.96. The minimum Gasteiger partial charge on any atom is -0.451 e. The Morgan fingerprint density at radius 1 is 1.12 bits per heavy atom. The zero-order valence-corrected chi connectivity index (χ0v) is 13.6. The molecule has 0 radical (unpaired) electrons. The summed E-state index contributed by atoms with van der Waals surface area (Å²) in [4.78, 5) is 15.8. The Hall–Kier alpha value is -3.03. The molecule has 2 heterocycles. The number of anilines is 1. The zero-order valence-electron chi connectivity index (χ0n) is 13.6. The Bertz CT molecular complexity index is 856. The second kappa shape index (κ2) is 7.47. The lowest BCUT2D eigenvalue weighted by atomic mass is 10.2. The minimum atomic E-state index is -4.40. The first-order chi connectivity index (χ1) is 12.4. The van der Waals surface area contributed by atoms with Gasteiger partial charge in [0, 0.05) is 24.7 Å². The van der Waals surface area contributed by atoms with Crippen LogP contribution in [-0.2, 0) is 6.18 Å². The minimum absolute atomic E-state index is 0.239. The van der Waals surface area contributed by atoms with Crippen molar-refractivity contribution in [2.45, 2.75) is 12.6 Å². The van der Waals surface area contributed by atoms with Gasteiger partial charge in [0.25, 0.3) is 5.91 Å². The lowest BCUT2D eigenvalue weighted by Gasteiger charge is -2.08. The molecule has 1 aromatic carbocycles. The molecule has 0 unspecified atom stereocenters. The summed E-state index contributed by atoms with van der Waals surface area (Å²) in [5, 5.41) is 6.49. The fourth-order valence-electron chi connectivity index (χ4n) is 2.35. The molecule has 0 aliphatic carbocycles. The maximum Gasteiger partial charge on any atom is 0.417 e. The first kappa shape index (κ1) is 17.8. The number of hydrogen-bond donors (Lipinski definition) is 2. The van der Waals surface area contributed by atoms with Crippen LogP contribution in [-0.4, -0.2) is 24.0 Å². The van der Waals surface area contributed by atoms with Crippen LogP contribution in [0.1, 0.15) is 22.5 Å². The quantitative estimate of drug-likeness (QED) is 0.648. The number of alkyl halides is 3. The molecule has 0 fully saturated rings. The van der Waals surface area contributed by atoms with E-state index in [0.29, 0.717) is 30.9 Å². The standard InChI is InChI=1S/C18H16F3N3O2/c19-18(20,21)13-6-7-16(24-11-13)22-8-3-9-23-17(25)15-10-12-4-1-2-5-14(12)26-15/h1-2,4-7,10-11H,3,8-9H2,(H,22,24)(H,23,25). The lowest BCUT2D eigenvalue weighted by Crippen LogP contribution is -2.25. The van der Waals surface area contributed by atoms with Crippen LogP contribution in [0.25, 0.3) is 11.0 Å². The molecule has 0 aliphatic rings. The number of aromatic nitrogens is 1. The summed E-state index contributed by atoms with van der Waals surface area (Å²) < 4.78 is 42.8. The van der Waals surface area contributed by atoms with Gasteiger partial charge >= 0.3 is 6.18 Å². The molecule has 0 atom stereocenters. The third-order valence-corrected chi connectivity index (χ3v) is 3.69. The molecule has 1 amide bonds. The topological polar surface area (TPSA) is 67.2 Å². The molecule has 8 heteroatoms. The SMILES string of the molecule is O=C(NCCCNc1ccc(C(F)(F)F)cn1)c1cc2ccccc2o1. The molecule has 3 rings (SSSR count). The summed E-state index contributed by atoms with van der Waals surface area (Å²) in [5.41, 5.74) is -0.145. The van der Waals surface area contributed by atoms with Gasteiger partial charge in [-0.2, -0.15) is 13.2 Å². The van der Waals surface area contributed by atoms with Crippen LogP contribution >= 0.6 is 0 Å². The van der Waals surface area contributed by atoms with E-state index >= 15 is 0 Å². The molecule has 26 heavy (non-hydrogen) atoms. The fraction of sp³-hybridized carbons (Fsp3) is 0.222. The fourth-order valence-corrected chi connectivity index (χ4v) is 2.35. The van der Waals surface area contributed by atoms with Gasteiger partial charge in [0.1, 0.15) is 11.4 Å². The normalized spacial score (nSPS) is 11.5. The number of para-hydroxylation sites is 1. The van der Waals surface area contributed by atoms with Gasteiger partial charge in [-0.25, -0.2) is 4.98 Å². The molecule has 136 valence electrons. The van der Waals surface area contributed by atoms with Gasteiger partial charge < -0.3 is 15.1 Å². The number of amides is 1. The number of halogens is 3. The van der Waals surface area contributed by atoms with Crippen molar-refractivity contribution in [3.8, 4) is 0 Å². The Kier molecular flexibility index (Phi) is 5.11. The summed E-state index contributed by atoms with van der Waals surface area (Å²) in [6.07, 6.45) is -3.03. The average Bonchev–Trinajstić information content (AvgIpc) is 3.05. The molecule has 3 aromatic rings. The van der Waals surface area contributed by atoms with Crippen molar-refractivity contribution in [1.29, 1.82) is 0 Å². The second-order valence-corrected chi connectivity index (χ2v) is 5.61. The van der Waals surface area contributed by atoms with E-state index in [2.05, 4.69) is 15.6 Å². The highest BCUT2D eigenvalue weighted by Gasteiger charge is 2.30. The molecule has 0 aliphatic heterocycles. The smallest absolute Gasteiger partial charge is 0.417 e. The maximum atomic E-state index is 12.4. The summed E-state index contributed by atoms with van der Waals surface area (Å²) in [6, 6.07) is 11.3. The first-order valence-electron chi connectivity index (χ1n) is 7.97. The highest BCUT2D eigenvalue weighted by atomic mass is 19.4. The predicted octanol–water partition coefficient (Wildman–Crippen LogP) is 4.08. The third-order valence-electron chi connectivity index (χ3n) is 3.69. The Morgan fingerprint density at radius 2 is 1.92 bits per heavy atom. The van der Waals surface area contributed by atoms with Gasteiger partial charge in [-0.1, -0.05) is 18.2 Å². The van der Waals surface area contributed by atoms with Gasteiger partial charge in [-0.3, -0.25) is 4.79 Å². The van der Waals surface area contributed by atoms with Crippen LogP contribution in [0.5, 0.6) is 0 Å². The van der Waals surface area contributed by atoms with E-state index in [1.165, 1.54) is 6.07 Å². The molecule has 2 N–H and O–H groups in total. The molecular formula is C18H16F3N3O2. The number of hydrogen-bond acceptors (Lipinski definition) is 4. The van der Waals surface area contributed by atoms with Crippen LogP contribution in [0.2, 0.25) is 0 Å². The van der Waals surface area contributed by atoms with Crippen LogP contribution in [0, 0.1) is 0 Å². The number of nitrogens with zero attached hydrogens (tertiary/aromatic N) is 1. The van der Waals surface area contributed by atoms with E-state index in [1.807, 2.05) is 18.2 Å². The van der Waals surface area contributed by atoms with Crippen LogP contribution in [0.4, 0.5) is 19.0 Å². The van der Waals surface area contributed by atoms with Crippen LogP contribution in [0.15, 0.2) is 53.1 Å². The van der Waals surface area contributed by atoms with Gasteiger partial charge in [0.05, 0.1) is 5.56 Å². The second-order valence-electron chi connectivity index (χ2n) is 5.61. The van der Waals surface area contributed by atoms with E-state index < -0.39 is 11.7 Å². The highest BCUT2D eigenvalue weighted by Crippen LogP contribution is 2.28. The summed E-state index contributed by atoms with van der Waals surface area (Å²) in [6.45, 7) is 0.849. The number of furan rings is 1. The Morgan fingerprint density at radius 3 is 2.62 bits per heavy atom. The van der Waals surface area contributed by atoms with E-state index in [1.54, 1.807) is 12.1 Å². The van der Waals surface area contributed by atoms with Gasteiger partial charge in [0.15, 0.2) is 5.76 Å². The van der Waals surface area contributed by atoms with Crippen molar-refractivity contribution >= 4 is 22.7 Å². The maximum absolute atomic E-state index is 12.4. The summed E-state index contributed by atoms with van der Waals surface area (Å²) >= 11 is 0. The monoisotopic (exact) mass is 363 g/mol. The summed E-state index contributed by atoms with van der Waals surface area (Å²) in [7, 11) is 0. The predicted molar refractivity (Wildman–Crippen MR) is 90.9 cm³/mol. The van der Waals surface area contributed by atoms with E-state index in [-0.39, 0.29) is 11.7 Å². The molecule has 2 aromatic heterocycles. The van der Waals surface area contributed by atoms with Crippen molar-refractivity contribution in [2.24, 2.45) is 0 Å². The van der Waals surface area contributed by atoms with Gasteiger partial charge in [-0.05, 0) is 30.7 Å². The number of benzene rings is 1. The molecule has 0 bridgehead atoms. The first-order valence-corrected chi connectivity index (χ1v) is 7.97. The van der Waals surface area contributed by atoms with Crippen molar-refractivity contribution in [1.82, 2.24) is 10.3 Å². The molecule has 0 spiro atoms. The van der Waals surface area contributed by atoms with Gasteiger partial charge in [0.2, 0.25) is 0 Å². The van der Waals surface area contributed by atoms with Crippen LogP contribution in [0.3, 0.4) is 0 Å². The largest absolute Gasteiger partial charge is 0.451 e. The number of pyridine rings is 1. The Balaban J connectivity index is 1.42. The Labute approximate surface area is 147 Å². The van der Waals surface area contributed by atoms with Crippen LogP contribution < -0.4 is 10.6 Å². The van der Waals surface area contributed by atoms with E-state index in [4.69, 9.17) is 4.42 Å². The third kappa shape index (κ3) is 4.33. The number of rotatable bonds is 6. The number of carbonyl (C=O) groups excluding carboxylic acids is 1.